The molecule has 6 atom stereocenters. The van der Waals surface area contributed by atoms with Crippen molar-refractivity contribution in [2.24, 2.45) is 23.7 Å². The first-order valence-electron chi connectivity index (χ1n) is 18.2. The van der Waals surface area contributed by atoms with Crippen molar-refractivity contribution < 1.29 is 51.3 Å². The number of methoxy groups -OCH3 is 2. The Morgan fingerprint density at radius 3 is 2.15 bits per heavy atom. The van der Waals surface area contributed by atoms with E-state index in [4.69, 9.17) is 32.7 Å². The summed E-state index contributed by atoms with van der Waals surface area (Å²) < 4.78 is 66.8. The maximum absolute atomic E-state index is 15.5. The molecule has 3 fully saturated rings. The van der Waals surface area contributed by atoms with Crippen molar-refractivity contribution in [2.45, 2.75) is 30.4 Å². The number of carbonyl (C=O) groups is 4. The molecular weight excluding hydrogens is 821 g/mol. The molecule has 2 aliphatic carbocycles. The van der Waals surface area contributed by atoms with Crippen LogP contribution in [0.5, 0.6) is 17.2 Å². The molecule has 0 spiro atoms. The Morgan fingerprint density at radius 2 is 1.54 bits per heavy atom. The first-order chi connectivity index (χ1) is 28.0. The van der Waals surface area contributed by atoms with Crippen LogP contribution in [0.3, 0.4) is 0 Å². The van der Waals surface area contributed by atoms with Crippen molar-refractivity contribution in [3.05, 3.63) is 117 Å². The van der Waals surface area contributed by atoms with E-state index in [1.807, 2.05) is 0 Å². The van der Waals surface area contributed by atoms with Crippen LogP contribution in [0, 0.1) is 29.5 Å². The second-order valence-corrected chi connectivity index (χ2v) is 15.5. The van der Waals surface area contributed by atoms with Gasteiger partial charge in [0.1, 0.15) is 28.8 Å². The minimum Gasteiger partial charge on any atom is -0.508 e. The lowest BCUT2D eigenvalue weighted by atomic mass is 9.49. The van der Waals surface area contributed by atoms with E-state index in [1.165, 1.54) is 45.5 Å². The third-order valence-electron chi connectivity index (χ3n) is 11.8. The number of ether oxygens (including phenoxy) is 2. The zero-order chi connectivity index (χ0) is 42.3. The Balaban J connectivity index is 1.33. The van der Waals surface area contributed by atoms with E-state index >= 15 is 4.79 Å². The number of phenols is 1. The van der Waals surface area contributed by atoms with Gasteiger partial charge in [0.2, 0.25) is 0 Å². The van der Waals surface area contributed by atoms with Crippen molar-refractivity contribution in [1.82, 2.24) is 15.0 Å². The van der Waals surface area contributed by atoms with Gasteiger partial charge in [-0.1, -0.05) is 47.0 Å². The van der Waals surface area contributed by atoms with Crippen molar-refractivity contribution >= 4 is 58.3 Å². The van der Waals surface area contributed by atoms with Crippen LogP contribution in [-0.4, -0.2) is 65.0 Å². The number of hydrogen-bond acceptors (Lipinski definition) is 10. The number of benzene rings is 3. The Hall–Kier alpha value is -5.87. The maximum Gasteiger partial charge on any atom is 0.433 e. The Labute approximate surface area is 343 Å². The summed E-state index contributed by atoms with van der Waals surface area (Å²) in [5, 5.41) is 13.3. The number of phenolic OH excluding ortho intramolecular Hbond substituents is 1. The van der Waals surface area contributed by atoms with Crippen LogP contribution in [0.15, 0.2) is 84.4 Å². The average molecular weight is 855 g/mol. The van der Waals surface area contributed by atoms with Crippen LogP contribution in [-0.2, 0) is 30.8 Å². The zero-order valence-electron chi connectivity index (χ0n) is 31.3. The van der Waals surface area contributed by atoms with Gasteiger partial charge in [-0.15, -0.1) is 0 Å². The monoisotopic (exact) mass is 853 g/mol. The lowest BCUT2D eigenvalue weighted by molar-refractivity contribution is -0.142. The van der Waals surface area contributed by atoms with E-state index in [9.17, 15) is 37.1 Å². The molecular formula is C41H33Cl2F4N5O7. The number of anilines is 2. The normalized spacial score (nSPS) is 25.0. The maximum atomic E-state index is 15.5. The van der Waals surface area contributed by atoms with E-state index in [0.29, 0.717) is 22.2 Å². The summed E-state index contributed by atoms with van der Waals surface area (Å²) in [6.07, 6.45) is -3.32. The summed E-state index contributed by atoms with van der Waals surface area (Å²) in [7, 11) is 3.90. The summed E-state index contributed by atoms with van der Waals surface area (Å²) in [4.78, 5) is 63.1. The number of nitrogens with zero attached hydrogens (tertiary/aromatic N) is 4. The van der Waals surface area contributed by atoms with Gasteiger partial charge in [-0.05, 0) is 72.9 Å². The quantitative estimate of drug-likeness (QED) is 0.105. The topological polar surface area (TPSA) is 142 Å². The van der Waals surface area contributed by atoms with Gasteiger partial charge >= 0.3 is 6.18 Å². The van der Waals surface area contributed by atoms with Gasteiger partial charge in [-0.2, -0.15) is 23.2 Å². The number of carbonyl (C=O) groups excluding carboxylic acids is 4. The number of hydrazine groups is 2. The third-order valence-corrected chi connectivity index (χ3v) is 12.3. The lowest BCUT2D eigenvalue weighted by Crippen LogP contribution is -2.53. The van der Waals surface area contributed by atoms with E-state index in [2.05, 4.69) is 10.4 Å². The summed E-state index contributed by atoms with van der Waals surface area (Å²) in [6, 6.07) is 15.7. The lowest BCUT2D eigenvalue weighted by Gasteiger charge is -2.51. The minimum atomic E-state index is -4.86. The van der Waals surface area contributed by atoms with Gasteiger partial charge in [0.15, 0.2) is 5.82 Å². The summed E-state index contributed by atoms with van der Waals surface area (Å²) >= 11 is 12.7. The number of rotatable bonds is 8. The highest BCUT2D eigenvalue weighted by Crippen LogP contribution is 2.66. The fourth-order valence-electron chi connectivity index (χ4n) is 9.37. The van der Waals surface area contributed by atoms with Crippen LogP contribution in [0.1, 0.15) is 35.6 Å². The molecule has 18 heteroatoms. The smallest absolute Gasteiger partial charge is 0.433 e. The van der Waals surface area contributed by atoms with Gasteiger partial charge in [-0.3, -0.25) is 29.6 Å². The first-order valence-corrected chi connectivity index (χ1v) is 18.9. The third kappa shape index (κ3) is 6.13. The molecule has 3 heterocycles. The van der Waals surface area contributed by atoms with Crippen LogP contribution >= 0.6 is 23.2 Å². The molecule has 4 amide bonds. The molecule has 1 aromatic heterocycles. The highest BCUT2D eigenvalue weighted by Gasteiger charge is 2.71. The molecule has 12 nitrogen and oxygen atoms in total. The molecule has 0 radical (unpaired) electrons. The van der Waals surface area contributed by atoms with Gasteiger partial charge in [0, 0.05) is 35.7 Å². The molecule has 2 saturated heterocycles. The minimum absolute atomic E-state index is 0.0462. The molecule has 59 heavy (non-hydrogen) atoms. The second-order valence-electron chi connectivity index (χ2n) is 14.6. The van der Waals surface area contributed by atoms with Crippen LogP contribution < -0.4 is 19.9 Å². The Morgan fingerprint density at radius 1 is 0.898 bits per heavy atom. The highest BCUT2D eigenvalue weighted by atomic mass is 35.5. The number of halogens is 6. The number of hydrogen-bond donors (Lipinski definition) is 2. The van der Waals surface area contributed by atoms with Crippen LogP contribution in [0.4, 0.5) is 29.1 Å². The summed E-state index contributed by atoms with van der Waals surface area (Å²) in [5.74, 6) is -9.63. The number of amides is 4. The van der Waals surface area contributed by atoms with Gasteiger partial charge in [0.05, 0.1) is 48.1 Å². The second kappa shape index (κ2) is 14.4. The van der Waals surface area contributed by atoms with Crippen molar-refractivity contribution in [3.63, 3.8) is 0 Å². The standard InChI is InChI=1S/C41H33Cl2F4N5O7/c1-50(35-28(43)14-15-31(48-35)41(45,46)47)52-36(54)25-13-12-24-26(32(25)38(52)56)18-27-37(55)51(49-22-10-8-21(44)9-11-22)39(57)40(27,19-4-6-20(42)7-5-19)34(24)33-29(58-2)16-23(53)17-30(33)59-3/h4-12,14-17,25-27,32,34,49,53H,13,18H2,1-3H3/t25-,26+,27-,32-,34+,40+/m0/s1. The Bertz CT molecular complexity index is 2430. The summed E-state index contributed by atoms with van der Waals surface area (Å²) in [5.41, 5.74) is 1.04. The molecule has 4 aliphatic rings. The molecule has 306 valence electrons. The molecule has 2 N–H and O–H groups in total. The number of nitrogens with one attached hydrogen (secondary N) is 1. The molecule has 3 aromatic carbocycles. The number of fused-ring (bicyclic) bond motifs is 4. The van der Waals surface area contributed by atoms with E-state index in [1.54, 1.807) is 30.3 Å². The van der Waals surface area contributed by atoms with Crippen LogP contribution in [0.2, 0.25) is 10.0 Å². The van der Waals surface area contributed by atoms with Gasteiger partial charge in [0.25, 0.3) is 23.6 Å². The van der Waals surface area contributed by atoms with E-state index in [-0.39, 0.29) is 46.4 Å². The van der Waals surface area contributed by atoms with Crippen molar-refractivity contribution in [1.29, 1.82) is 0 Å². The average Bonchev–Trinajstić information content (AvgIpc) is 3.58. The number of aromatic nitrogens is 1. The van der Waals surface area contributed by atoms with Gasteiger partial charge < -0.3 is 14.6 Å². The fraction of sp³-hybridized carbons (Fsp3) is 0.293. The predicted octanol–water partition coefficient (Wildman–Crippen LogP) is 7.31. The van der Waals surface area contributed by atoms with Crippen molar-refractivity contribution in [3.8, 4) is 17.2 Å². The number of aromatic hydroxyl groups is 1. The number of allylic oxidation sites excluding steroid dienone is 2. The van der Waals surface area contributed by atoms with E-state index < -0.39 is 82.1 Å². The SMILES string of the molecule is COc1cc(O)cc(OC)c1[C@H]1C2=CC[C@@H]3C(=O)N(N(C)c4nc(C(F)(F)F)ccc4Cl)C(=O)[C@@H]3[C@@H]2C[C@H]2C(=O)N(Nc3ccc(F)cc3)C(=O)[C@@]12c1ccc(Cl)cc1. The van der Waals surface area contributed by atoms with Crippen molar-refractivity contribution in [2.75, 3.05) is 31.7 Å². The molecule has 4 aromatic rings. The highest BCUT2D eigenvalue weighted by molar-refractivity contribution is 6.33. The zero-order valence-corrected chi connectivity index (χ0v) is 32.8. The largest absolute Gasteiger partial charge is 0.508 e. The molecule has 0 bridgehead atoms. The number of alkyl halides is 3. The first kappa shape index (κ1) is 39.9. The van der Waals surface area contributed by atoms with Gasteiger partial charge in [-0.25, -0.2) is 9.37 Å². The number of imide groups is 2. The summed E-state index contributed by atoms with van der Waals surface area (Å²) in [6.45, 7) is 0. The molecule has 0 unspecified atom stereocenters. The van der Waals surface area contributed by atoms with Crippen LogP contribution in [0.25, 0.3) is 0 Å². The fourth-order valence-corrected chi connectivity index (χ4v) is 9.72. The van der Waals surface area contributed by atoms with E-state index in [0.717, 1.165) is 33.2 Å². The Kier molecular flexibility index (Phi) is 9.78. The number of pyridine rings is 1. The molecule has 8 rings (SSSR count). The molecule has 2 aliphatic heterocycles. The predicted molar refractivity (Wildman–Crippen MR) is 205 cm³/mol. The molecule has 1 saturated carbocycles.